The van der Waals surface area contributed by atoms with Crippen molar-refractivity contribution in [3.63, 3.8) is 0 Å². The summed E-state index contributed by atoms with van der Waals surface area (Å²) in [5, 5.41) is 3.41. The van der Waals surface area contributed by atoms with Gasteiger partial charge in [-0.1, -0.05) is 23.7 Å². The third kappa shape index (κ3) is 2.99. The van der Waals surface area contributed by atoms with Crippen molar-refractivity contribution in [3.05, 3.63) is 34.6 Å². The number of carbonyl (C=O) groups excluding carboxylic acids is 1. The summed E-state index contributed by atoms with van der Waals surface area (Å²) in [5.41, 5.74) is 0.475. The lowest BCUT2D eigenvalue weighted by atomic mass is 10.1. The van der Waals surface area contributed by atoms with Gasteiger partial charge in [-0.2, -0.15) is 0 Å². The number of hydrogen-bond acceptors (Lipinski definition) is 2. The molecule has 1 aromatic carbocycles. The molecule has 3 rings (SSSR count). The number of nitrogens with one attached hydrogen (secondary N) is 1. The Morgan fingerprint density at radius 3 is 2.81 bits per heavy atom. The van der Waals surface area contributed by atoms with Gasteiger partial charge in [0.15, 0.2) is 0 Å². The minimum Gasteiger partial charge on any atom is -0.320 e. The molecule has 0 aromatic heterocycles. The largest absolute Gasteiger partial charge is 0.320 e. The highest BCUT2D eigenvalue weighted by Crippen LogP contribution is 2.23. The van der Waals surface area contributed by atoms with Gasteiger partial charge in [-0.25, -0.2) is 9.18 Å². The van der Waals surface area contributed by atoms with Gasteiger partial charge >= 0.3 is 6.03 Å². The lowest BCUT2D eigenvalue weighted by molar-refractivity contribution is 0.164. The topological polar surface area (TPSA) is 35.6 Å². The predicted octanol–water partition coefficient (Wildman–Crippen LogP) is 2.47. The Bertz CT molecular complexity index is 534. The Morgan fingerprint density at radius 1 is 1.29 bits per heavy atom. The molecule has 2 amide bonds. The molecule has 4 nitrogen and oxygen atoms in total. The number of halogens is 2. The van der Waals surface area contributed by atoms with Crippen molar-refractivity contribution in [2.75, 3.05) is 26.2 Å². The molecule has 21 heavy (non-hydrogen) atoms. The molecular formula is C15H19ClFN3O. The van der Waals surface area contributed by atoms with E-state index in [-0.39, 0.29) is 17.6 Å². The summed E-state index contributed by atoms with van der Waals surface area (Å²) in [6.07, 6.45) is 1.98. The van der Waals surface area contributed by atoms with E-state index in [1.807, 2.05) is 4.90 Å². The van der Waals surface area contributed by atoms with Crippen LogP contribution in [0.4, 0.5) is 9.18 Å². The van der Waals surface area contributed by atoms with Crippen LogP contribution < -0.4 is 5.32 Å². The standard InChI is InChI=1S/C15H19ClFN3O/c16-13-3-1-2-11(14(13)17)10-19-8-9-20(15(19)21)12-4-6-18-7-5-12/h1-3,12,18H,4-10H2. The van der Waals surface area contributed by atoms with Crippen LogP contribution in [0, 0.1) is 5.82 Å². The summed E-state index contributed by atoms with van der Waals surface area (Å²) in [7, 11) is 0. The van der Waals surface area contributed by atoms with Crippen LogP contribution in [0.15, 0.2) is 18.2 Å². The molecule has 1 aromatic rings. The molecule has 2 heterocycles. The smallest absolute Gasteiger partial charge is 0.320 e. The van der Waals surface area contributed by atoms with Gasteiger partial charge in [0.1, 0.15) is 5.82 Å². The predicted molar refractivity (Wildman–Crippen MR) is 79.8 cm³/mol. The Labute approximate surface area is 128 Å². The zero-order valence-electron chi connectivity index (χ0n) is 11.8. The molecule has 2 fully saturated rings. The number of amides is 2. The van der Waals surface area contributed by atoms with E-state index in [0.717, 1.165) is 32.5 Å². The fourth-order valence-electron chi connectivity index (χ4n) is 3.08. The molecule has 2 aliphatic rings. The van der Waals surface area contributed by atoms with Crippen LogP contribution in [0.5, 0.6) is 0 Å². The highest BCUT2D eigenvalue weighted by molar-refractivity contribution is 6.30. The maximum Gasteiger partial charge on any atom is 0.320 e. The van der Waals surface area contributed by atoms with E-state index in [2.05, 4.69) is 5.32 Å². The molecule has 0 spiro atoms. The summed E-state index contributed by atoms with van der Waals surface area (Å²) >= 11 is 5.79. The molecule has 0 unspecified atom stereocenters. The van der Waals surface area contributed by atoms with Gasteiger partial charge in [-0.15, -0.1) is 0 Å². The molecule has 0 aliphatic carbocycles. The van der Waals surface area contributed by atoms with Gasteiger partial charge in [-0.3, -0.25) is 0 Å². The van der Waals surface area contributed by atoms with E-state index in [0.29, 0.717) is 18.2 Å². The quantitative estimate of drug-likeness (QED) is 0.931. The maximum atomic E-state index is 13.9. The van der Waals surface area contributed by atoms with Crippen LogP contribution in [-0.4, -0.2) is 48.1 Å². The second-order valence-electron chi connectivity index (χ2n) is 5.59. The lowest BCUT2D eigenvalue weighted by Gasteiger charge is -2.31. The van der Waals surface area contributed by atoms with Gasteiger partial charge in [-0.05, 0) is 32.0 Å². The average molecular weight is 312 g/mol. The van der Waals surface area contributed by atoms with Crippen molar-refractivity contribution in [3.8, 4) is 0 Å². The second kappa shape index (κ2) is 6.20. The van der Waals surface area contributed by atoms with E-state index in [4.69, 9.17) is 11.6 Å². The minimum absolute atomic E-state index is 0.0151. The zero-order chi connectivity index (χ0) is 14.8. The zero-order valence-corrected chi connectivity index (χ0v) is 12.6. The van der Waals surface area contributed by atoms with Gasteiger partial charge in [0.25, 0.3) is 0 Å². The van der Waals surface area contributed by atoms with Crippen LogP contribution >= 0.6 is 11.6 Å². The molecule has 0 atom stereocenters. The number of benzene rings is 1. The van der Waals surface area contributed by atoms with E-state index in [9.17, 15) is 9.18 Å². The second-order valence-corrected chi connectivity index (χ2v) is 6.00. The normalized spacial score (nSPS) is 20.4. The Kier molecular flexibility index (Phi) is 4.31. The maximum absolute atomic E-state index is 13.9. The Hall–Kier alpha value is -1.33. The molecule has 2 saturated heterocycles. The van der Waals surface area contributed by atoms with Crippen LogP contribution in [0.25, 0.3) is 0 Å². The van der Waals surface area contributed by atoms with Crippen molar-refractivity contribution in [2.24, 2.45) is 0 Å². The first kappa shape index (κ1) is 14.6. The highest BCUT2D eigenvalue weighted by Gasteiger charge is 2.34. The molecule has 0 bridgehead atoms. The number of urea groups is 1. The summed E-state index contributed by atoms with van der Waals surface area (Å²) in [5.74, 6) is -0.424. The SMILES string of the molecule is O=C1N(Cc2cccc(Cl)c2F)CCN1C1CCNCC1. The van der Waals surface area contributed by atoms with E-state index < -0.39 is 5.82 Å². The third-order valence-corrected chi connectivity index (χ3v) is 4.56. The Morgan fingerprint density at radius 2 is 2.05 bits per heavy atom. The number of nitrogens with zero attached hydrogens (tertiary/aromatic N) is 2. The minimum atomic E-state index is -0.424. The van der Waals surface area contributed by atoms with Crippen LogP contribution in [0.2, 0.25) is 5.02 Å². The molecule has 6 heteroatoms. The third-order valence-electron chi connectivity index (χ3n) is 4.27. The molecule has 0 radical (unpaired) electrons. The molecule has 2 aliphatic heterocycles. The Balaban J connectivity index is 1.67. The van der Waals surface area contributed by atoms with E-state index >= 15 is 0 Å². The number of piperidine rings is 1. The van der Waals surface area contributed by atoms with Gasteiger partial charge in [0, 0.05) is 24.7 Å². The first-order valence-electron chi connectivity index (χ1n) is 7.36. The van der Waals surface area contributed by atoms with Crippen molar-refractivity contribution >= 4 is 17.6 Å². The fraction of sp³-hybridized carbons (Fsp3) is 0.533. The molecular weight excluding hydrogens is 293 g/mol. The number of hydrogen-bond donors (Lipinski definition) is 1. The average Bonchev–Trinajstić information content (AvgIpc) is 2.86. The van der Waals surface area contributed by atoms with Gasteiger partial charge in [0.05, 0.1) is 11.6 Å². The van der Waals surface area contributed by atoms with E-state index in [1.165, 1.54) is 6.07 Å². The summed E-state index contributed by atoms with van der Waals surface area (Å²) in [6, 6.07) is 5.25. The summed E-state index contributed by atoms with van der Waals surface area (Å²) in [6.45, 7) is 3.57. The van der Waals surface area contributed by atoms with Gasteiger partial charge < -0.3 is 15.1 Å². The summed E-state index contributed by atoms with van der Waals surface area (Å²) < 4.78 is 13.9. The number of carbonyl (C=O) groups is 1. The first-order valence-corrected chi connectivity index (χ1v) is 7.74. The first-order chi connectivity index (χ1) is 10.2. The number of rotatable bonds is 3. The van der Waals surface area contributed by atoms with Crippen LogP contribution in [-0.2, 0) is 6.54 Å². The lowest BCUT2D eigenvalue weighted by Crippen LogP contribution is -2.45. The summed E-state index contributed by atoms with van der Waals surface area (Å²) in [4.78, 5) is 16.1. The molecule has 0 saturated carbocycles. The molecule has 1 N–H and O–H groups in total. The molecule has 114 valence electrons. The van der Waals surface area contributed by atoms with Gasteiger partial charge in [0.2, 0.25) is 0 Å². The van der Waals surface area contributed by atoms with Crippen molar-refractivity contribution < 1.29 is 9.18 Å². The fourth-order valence-corrected chi connectivity index (χ4v) is 3.28. The van der Waals surface area contributed by atoms with Crippen LogP contribution in [0.3, 0.4) is 0 Å². The van der Waals surface area contributed by atoms with Crippen molar-refractivity contribution in [1.82, 2.24) is 15.1 Å². The highest BCUT2D eigenvalue weighted by atomic mass is 35.5. The monoisotopic (exact) mass is 311 g/mol. The van der Waals surface area contributed by atoms with Crippen molar-refractivity contribution in [2.45, 2.75) is 25.4 Å². The van der Waals surface area contributed by atoms with Crippen molar-refractivity contribution in [1.29, 1.82) is 0 Å². The van der Waals surface area contributed by atoms with E-state index in [1.54, 1.807) is 17.0 Å². The van der Waals surface area contributed by atoms with Crippen LogP contribution in [0.1, 0.15) is 18.4 Å².